The third-order valence-electron chi connectivity index (χ3n) is 3.07. The number of anilines is 1. The summed E-state index contributed by atoms with van der Waals surface area (Å²) in [6, 6.07) is 2.23. The lowest BCUT2D eigenvalue weighted by Gasteiger charge is -2.30. The van der Waals surface area contributed by atoms with Gasteiger partial charge >= 0.3 is 0 Å². The summed E-state index contributed by atoms with van der Waals surface area (Å²) in [6.45, 7) is 3.76. The molecule has 1 aromatic rings. The summed E-state index contributed by atoms with van der Waals surface area (Å²) < 4.78 is 5.42. The van der Waals surface area contributed by atoms with Crippen molar-refractivity contribution in [3.8, 4) is 0 Å². The highest BCUT2D eigenvalue weighted by molar-refractivity contribution is 7.80. The fourth-order valence-electron chi connectivity index (χ4n) is 2.02. The van der Waals surface area contributed by atoms with Crippen LogP contribution in [0.3, 0.4) is 0 Å². The van der Waals surface area contributed by atoms with Gasteiger partial charge in [-0.2, -0.15) is 0 Å². The van der Waals surface area contributed by atoms with E-state index in [1.54, 1.807) is 12.4 Å². The predicted molar refractivity (Wildman–Crippen MR) is 72.1 cm³/mol. The molecule has 92 valence electrons. The zero-order chi connectivity index (χ0) is 12.3. The molecule has 0 radical (unpaired) electrons. The largest absolute Gasteiger partial charge is 0.389 e. The first kappa shape index (κ1) is 12.3. The Morgan fingerprint density at radius 3 is 3.18 bits per heavy atom. The molecule has 3 N–H and O–H groups in total. The van der Waals surface area contributed by atoms with Gasteiger partial charge in [0.15, 0.2) is 0 Å². The molecule has 1 aliphatic rings. The number of nitrogens with one attached hydrogen (secondary N) is 1. The summed E-state index contributed by atoms with van der Waals surface area (Å²) in [7, 11) is 0. The lowest BCUT2D eigenvalue weighted by Crippen LogP contribution is -2.36. The molecule has 2 rings (SSSR count). The lowest BCUT2D eigenvalue weighted by atomic mass is 9.97. The van der Waals surface area contributed by atoms with Gasteiger partial charge in [0.1, 0.15) is 4.99 Å². The molecule has 5 heteroatoms. The molecule has 1 fully saturated rings. The van der Waals surface area contributed by atoms with Crippen LogP contribution in [0.2, 0.25) is 0 Å². The summed E-state index contributed by atoms with van der Waals surface area (Å²) in [5.41, 5.74) is 7.46. The predicted octanol–water partition coefficient (Wildman–Crippen LogP) is 1.55. The number of ether oxygens (including phenoxy) is 1. The molecule has 0 amide bonds. The van der Waals surface area contributed by atoms with E-state index in [1.165, 1.54) is 0 Å². The van der Waals surface area contributed by atoms with Crippen LogP contribution >= 0.6 is 12.2 Å². The van der Waals surface area contributed by atoms with E-state index in [1.807, 2.05) is 6.07 Å². The van der Waals surface area contributed by atoms with Crippen molar-refractivity contribution in [2.45, 2.75) is 19.4 Å². The van der Waals surface area contributed by atoms with Gasteiger partial charge < -0.3 is 15.8 Å². The SMILES string of the molecule is CC1COCCC1Nc1cnccc1C(N)=S. The third-order valence-corrected chi connectivity index (χ3v) is 3.29. The maximum absolute atomic E-state index is 5.69. The van der Waals surface area contributed by atoms with E-state index in [0.717, 1.165) is 30.9 Å². The molecule has 2 atom stereocenters. The van der Waals surface area contributed by atoms with Gasteiger partial charge in [-0.3, -0.25) is 4.98 Å². The van der Waals surface area contributed by atoms with Crippen molar-refractivity contribution < 1.29 is 4.74 Å². The number of rotatable bonds is 3. The smallest absolute Gasteiger partial charge is 0.106 e. The number of nitrogens with two attached hydrogens (primary N) is 1. The zero-order valence-corrected chi connectivity index (χ0v) is 10.7. The fraction of sp³-hybridized carbons (Fsp3) is 0.500. The Morgan fingerprint density at radius 1 is 1.65 bits per heavy atom. The molecular weight excluding hydrogens is 234 g/mol. The van der Waals surface area contributed by atoms with Crippen LogP contribution in [0.5, 0.6) is 0 Å². The second-order valence-corrected chi connectivity index (χ2v) is 4.82. The second kappa shape index (κ2) is 5.42. The fourth-order valence-corrected chi connectivity index (χ4v) is 2.20. The van der Waals surface area contributed by atoms with E-state index in [2.05, 4.69) is 17.2 Å². The summed E-state index contributed by atoms with van der Waals surface area (Å²) in [6.07, 6.45) is 4.47. The maximum Gasteiger partial charge on any atom is 0.106 e. The first-order valence-electron chi connectivity index (χ1n) is 5.76. The van der Waals surface area contributed by atoms with Crippen LogP contribution in [0.15, 0.2) is 18.5 Å². The lowest BCUT2D eigenvalue weighted by molar-refractivity contribution is 0.0537. The molecule has 0 saturated carbocycles. The van der Waals surface area contributed by atoms with E-state index in [0.29, 0.717) is 16.9 Å². The van der Waals surface area contributed by atoms with Gasteiger partial charge in [-0.05, 0) is 18.4 Å². The molecule has 17 heavy (non-hydrogen) atoms. The third kappa shape index (κ3) is 2.92. The highest BCUT2D eigenvalue weighted by atomic mass is 32.1. The van der Waals surface area contributed by atoms with E-state index >= 15 is 0 Å². The quantitative estimate of drug-likeness (QED) is 0.798. The van der Waals surface area contributed by atoms with Crippen LogP contribution in [-0.4, -0.2) is 29.2 Å². The molecule has 0 spiro atoms. The van der Waals surface area contributed by atoms with Gasteiger partial charge in [-0.15, -0.1) is 0 Å². The molecule has 0 aliphatic carbocycles. The molecular formula is C12H17N3OS. The van der Waals surface area contributed by atoms with Crippen molar-refractivity contribution in [2.75, 3.05) is 18.5 Å². The molecule has 4 nitrogen and oxygen atoms in total. The van der Waals surface area contributed by atoms with Crippen LogP contribution in [0, 0.1) is 5.92 Å². The molecule has 2 unspecified atom stereocenters. The molecule has 0 aromatic carbocycles. The standard InChI is InChI=1S/C12H17N3OS/c1-8-7-16-5-3-10(8)15-11-6-14-4-2-9(11)12(13)17/h2,4,6,8,10,15H,3,5,7H2,1H3,(H2,13,17). The van der Waals surface area contributed by atoms with E-state index < -0.39 is 0 Å². The number of pyridine rings is 1. The summed E-state index contributed by atoms with van der Waals surface area (Å²) in [5, 5.41) is 3.47. The van der Waals surface area contributed by atoms with Gasteiger partial charge in [0.25, 0.3) is 0 Å². The number of aromatic nitrogens is 1. The van der Waals surface area contributed by atoms with E-state index in [4.69, 9.17) is 22.7 Å². The Labute approximate surface area is 107 Å². The Balaban J connectivity index is 2.14. The normalized spacial score (nSPS) is 24.3. The van der Waals surface area contributed by atoms with Crippen LogP contribution in [-0.2, 0) is 4.74 Å². The Kier molecular flexibility index (Phi) is 3.91. The number of hydrogen-bond donors (Lipinski definition) is 2. The van der Waals surface area contributed by atoms with Crippen molar-refractivity contribution in [2.24, 2.45) is 11.7 Å². The van der Waals surface area contributed by atoms with Crippen molar-refractivity contribution >= 4 is 22.9 Å². The van der Waals surface area contributed by atoms with Crippen LogP contribution < -0.4 is 11.1 Å². The Hall–Kier alpha value is -1.20. The molecule has 1 aromatic heterocycles. The first-order valence-corrected chi connectivity index (χ1v) is 6.17. The van der Waals surface area contributed by atoms with Gasteiger partial charge in [0, 0.05) is 24.4 Å². The van der Waals surface area contributed by atoms with Gasteiger partial charge in [-0.25, -0.2) is 0 Å². The molecule has 1 aliphatic heterocycles. The van der Waals surface area contributed by atoms with Crippen molar-refractivity contribution in [1.82, 2.24) is 4.98 Å². The number of hydrogen-bond acceptors (Lipinski definition) is 4. The topological polar surface area (TPSA) is 60.2 Å². The second-order valence-electron chi connectivity index (χ2n) is 4.38. The van der Waals surface area contributed by atoms with E-state index in [9.17, 15) is 0 Å². The van der Waals surface area contributed by atoms with E-state index in [-0.39, 0.29) is 0 Å². The van der Waals surface area contributed by atoms with Crippen LogP contribution in [0.25, 0.3) is 0 Å². The van der Waals surface area contributed by atoms with Gasteiger partial charge in [0.05, 0.1) is 18.5 Å². The van der Waals surface area contributed by atoms with Crippen molar-refractivity contribution in [3.63, 3.8) is 0 Å². The van der Waals surface area contributed by atoms with Gasteiger partial charge in [0.2, 0.25) is 0 Å². The maximum atomic E-state index is 5.69. The molecule has 2 heterocycles. The highest BCUT2D eigenvalue weighted by Crippen LogP contribution is 2.21. The van der Waals surface area contributed by atoms with Crippen LogP contribution in [0.4, 0.5) is 5.69 Å². The summed E-state index contributed by atoms with van der Waals surface area (Å²) in [5.74, 6) is 0.475. The van der Waals surface area contributed by atoms with Crippen molar-refractivity contribution in [1.29, 1.82) is 0 Å². The average Bonchev–Trinajstić information content (AvgIpc) is 2.32. The monoisotopic (exact) mass is 251 g/mol. The van der Waals surface area contributed by atoms with Crippen molar-refractivity contribution in [3.05, 3.63) is 24.0 Å². The number of nitrogens with zero attached hydrogens (tertiary/aromatic N) is 1. The number of thiocarbonyl (C=S) groups is 1. The molecule has 1 saturated heterocycles. The zero-order valence-electron chi connectivity index (χ0n) is 9.85. The van der Waals surface area contributed by atoms with Gasteiger partial charge in [-0.1, -0.05) is 19.1 Å². The highest BCUT2D eigenvalue weighted by Gasteiger charge is 2.22. The summed E-state index contributed by atoms with van der Waals surface area (Å²) in [4.78, 5) is 4.51. The Bertz CT molecular complexity index is 410. The minimum Gasteiger partial charge on any atom is -0.389 e. The Morgan fingerprint density at radius 2 is 2.47 bits per heavy atom. The first-order chi connectivity index (χ1) is 8.18. The summed E-state index contributed by atoms with van der Waals surface area (Å²) >= 11 is 5.03. The minimum atomic E-state index is 0.390. The van der Waals surface area contributed by atoms with Crippen LogP contribution in [0.1, 0.15) is 18.9 Å². The average molecular weight is 251 g/mol. The molecule has 0 bridgehead atoms. The minimum absolute atomic E-state index is 0.390.